The highest BCUT2D eigenvalue weighted by molar-refractivity contribution is 5.28. The van der Waals surface area contributed by atoms with Crippen molar-refractivity contribution in [2.45, 2.75) is 32.2 Å². The van der Waals surface area contributed by atoms with Crippen molar-refractivity contribution in [1.29, 1.82) is 0 Å². The Morgan fingerprint density at radius 2 is 2.06 bits per heavy atom. The van der Waals surface area contributed by atoms with E-state index in [2.05, 4.69) is 5.32 Å². The molecule has 2 atom stereocenters. The van der Waals surface area contributed by atoms with E-state index in [1.54, 1.807) is 0 Å². The number of allylic oxidation sites excluding steroid dienone is 1. The van der Waals surface area contributed by atoms with Crippen molar-refractivity contribution in [2.24, 2.45) is 0 Å². The summed E-state index contributed by atoms with van der Waals surface area (Å²) in [6.07, 6.45) is 1.25. The topological polar surface area (TPSA) is 24.5 Å². The molecule has 2 aliphatic rings. The fourth-order valence-electron chi connectivity index (χ4n) is 2.35. The Morgan fingerprint density at radius 1 is 1.39 bits per heavy atom. The van der Waals surface area contributed by atoms with E-state index in [-0.39, 0.29) is 6.10 Å². The second kappa shape index (κ2) is 5.80. The number of rotatable bonds is 3. The lowest BCUT2D eigenvalue weighted by atomic mass is 10.0. The number of halogens is 2. The third kappa shape index (κ3) is 3.09. The van der Waals surface area contributed by atoms with Crippen LogP contribution in [-0.2, 0) is 4.74 Å². The lowest BCUT2D eigenvalue weighted by Gasteiger charge is -2.36. The first kappa shape index (κ1) is 13.5. The van der Waals surface area contributed by atoms with Gasteiger partial charge >= 0.3 is 0 Å². The molecule has 1 N–H and O–H groups in total. The Hall–Kier alpha value is -0.940. The molecule has 1 heterocycles. The third-order valence-electron chi connectivity index (χ3n) is 3.10. The molecule has 0 bridgehead atoms. The molecule has 2 unspecified atom stereocenters. The van der Waals surface area contributed by atoms with Crippen LogP contribution in [0.1, 0.15) is 13.8 Å². The summed E-state index contributed by atoms with van der Waals surface area (Å²) in [5, 5.41) is 3.17. The van der Waals surface area contributed by atoms with E-state index in [1.165, 1.54) is 12.2 Å². The summed E-state index contributed by atoms with van der Waals surface area (Å²) in [7, 11) is 0. The maximum absolute atomic E-state index is 14.1. The van der Waals surface area contributed by atoms with Crippen molar-refractivity contribution in [1.82, 2.24) is 10.2 Å². The van der Waals surface area contributed by atoms with Crippen LogP contribution < -0.4 is 5.32 Å². The van der Waals surface area contributed by atoms with Crippen LogP contribution in [0.5, 0.6) is 0 Å². The second-order valence-electron chi connectivity index (χ2n) is 4.94. The van der Waals surface area contributed by atoms with Crippen LogP contribution in [0, 0.1) is 0 Å². The van der Waals surface area contributed by atoms with Crippen molar-refractivity contribution in [3.8, 4) is 0 Å². The quantitative estimate of drug-likeness (QED) is 0.835. The molecule has 0 aromatic rings. The van der Waals surface area contributed by atoms with Crippen LogP contribution in [0.15, 0.2) is 23.7 Å². The normalized spacial score (nSPS) is 30.1. The van der Waals surface area contributed by atoms with Gasteiger partial charge in [0.15, 0.2) is 0 Å². The molecule has 1 fully saturated rings. The van der Waals surface area contributed by atoms with Gasteiger partial charge in [-0.2, -0.15) is 0 Å². The summed E-state index contributed by atoms with van der Waals surface area (Å²) in [6.45, 7) is 6.55. The van der Waals surface area contributed by atoms with Crippen LogP contribution >= 0.6 is 0 Å². The Morgan fingerprint density at radius 3 is 2.61 bits per heavy atom. The van der Waals surface area contributed by atoms with E-state index in [0.717, 1.165) is 13.1 Å². The zero-order valence-electron chi connectivity index (χ0n) is 10.8. The van der Waals surface area contributed by atoms with E-state index in [4.69, 9.17) is 4.74 Å². The van der Waals surface area contributed by atoms with Gasteiger partial charge in [-0.05, 0) is 19.9 Å². The molecule has 3 nitrogen and oxygen atoms in total. The highest BCUT2D eigenvalue weighted by Crippen LogP contribution is 2.27. The zero-order valence-corrected chi connectivity index (χ0v) is 10.8. The molecule has 5 heteroatoms. The van der Waals surface area contributed by atoms with Crippen molar-refractivity contribution in [2.75, 3.05) is 26.2 Å². The van der Waals surface area contributed by atoms with Crippen molar-refractivity contribution in [3.63, 3.8) is 0 Å². The molecule has 18 heavy (non-hydrogen) atoms. The molecular formula is C13H20F2N2O. The molecule has 1 aliphatic heterocycles. The minimum absolute atomic E-state index is 0.0803. The van der Waals surface area contributed by atoms with Crippen molar-refractivity contribution >= 4 is 0 Å². The van der Waals surface area contributed by atoms with Crippen LogP contribution in [-0.4, -0.2) is 49.4 Å². The molecule has 0 aromatic carbocycles. The standard InChI is InChI=1S/C13H20F2N2O/c1-9(2)18-10-7-11(14)13(12(15)8-10)17-5-3-16-4-6-17/h7-9,11,13,16H,3-6H2,1-2H3. The van der Waals surface area contributed by atoms with Gasteiger partial charge in [0, 0.05) is 32.3 Å². The lowest BCUT2D eigenvalue weighted by molar-refractivity contribution is 0.107. The SMILES string of the molecule is CC(C)OC1=CC(F)C(N2CCNCC2)C(F)=C1. The Labute approximate surface area is 106 Å². The first-order valence-corrected chi connectivity index (χ1v) is 6.42. The summed E-state index contributed by atoms with van der Waals surface area (Å²) in [5.74, 6) is -0.149. The first-order chi connectivity index (χ1) is 8.58. The van der Waals surface area contributed by atoms with Gasteiger partial charge in [0.2, 0.25) is 0 Å². The van der Waals surface area contributed by atoms with Gasteiger partial charge in [0.1, 0.15) is 17.8 Å². The Bertz CT molecular complexity index is 349. The van der Waals surface area contributed by atoms with Crippen LogP contribution in [0.25, 0.3) is 0 Å². The van der Waals surface area contributed by atoms with Crippen molar-refractivity contribution < 1.29 is 13.5 Å². The van der Waals surface area contributed by atoms with Gasteiger partial charge in [0.25, 0.3) is 0 Å². The fraction of sp³-hybridized carbons (Fsp3) is 0.692. The summed E-state index contributed by atoms with van der Waals surface area (Å²) in [6, 6.07) is -0.786. The van der Waals surface area contributed by atoms with Gasteiger partial charge in [-0.1, -0.05) is 0 Å². The van der Waals surface area contributed by atoms with Gasteiger partial charge in [-0.25, -0.2) is 8.78 Å². The Kier molecular flexibility index (Phi) is 4.35. The van der Waals surface area contributed by atoms with Crippen molar-refractivity contribution in [3.05, 3.63) is 23.7 Å². The highest BCUT2D eigenvalue weighted by atomic mass is 19.1. The molecule has 0 radical (unpaired) electrons. The number of nitrogens with one attached hydrogen (secondary N) is 1. The minimum Gasteiger partial charge on any atom is -0.491 e. The van der Waals surface area contributed by atoms with E-state index in [9.17, 15) is 8.78 Å². The number of alkyl halides is 1. The second-order valence-corrected chi connectivity index (χ2v) is 4.94. The average molecular weight is 258 g/mol. The van der Waals surface area contributed by atoms with Crippen LogP contribution in [0.2, 0.25) is 0 Å². The van der Waals surface area contributed by atoms with Gasteiger partial charge in [-0.15, -0.1) is 0 Å². The van der Waals surface area contributed by atoms with E-state index in [1.807, 2.05) is 18.7 Å². The first-order valence-electron chi connectivity index (χ1n) is 6.42. The molecule has 0 spiro atoms. The summed E-state index contributed by atoms with van der Waals surface area (Å²) in [5.41, 5.74) is 0. The fourth-order valence-corrected chi connectivity index (χ4v) is 2.35. The predicted octanol–water partition coefficient (Wildman–Crippen LogP) is 1.77. The third-order valence-corrected chi connectivity index (χ3v) is 3.10. The molecule has 2 rings (SSSR count). The molecular weight excluding hydrogens is 238 g/mol. The molecule has 0 saturated carbocycles. The van der Waals surface area contributed by atoms with E-state index >= 15 is 0 Å². The maximum atomic E-state index is 14.1. The zero-order chi connectivity index (χ0) is 13.1. The van der Waals surface area contributed by atoms with Gasteiger partial charge in [-0.3, -0.25) is 4.90 Å². The smallest absolute Gasteiger partial charge is 0.144 e. The molecule has 1 saturated heterocycles. The summed E-state index contributed by atoms with van der Waals surface area (Å²) in [4.78, 5) is 1.84. The van der Waals surface area contributed by atoms with Crippen LogP contribution in [0.4, 0.5) is 8.78 Å². The number of ether oxygens (including phenoxy) is 1. The summed E-state index contributed by atoms with van der Waals surface area (Å²) < 4.78 is 33.4. The lowest BCUT2D eigenvalue weighted by Crippen LogP contribution is -2.52. The minimum atomic E-state index is -1.35. The molecule has 0 aromatic heterocycles. The van der Waals surface area contributed by atoms with Crippen LogP contribution in [0.3, 0.4) is 0 Å². The van der Waals surface area contributed by atoms with E-state index in [0.29, 0.717) is 18.8 Å². The molecule has 0 amide bonds. The van der Waals surface area contributed by atoms with Gasteiger partial charge in [0.05, 0.1) is 12.1 Å². The largest absolute Gasteiger partial charge is 0.491 e. The van der Waals surface area contributed by atoms with Gasteiger partial charge < -0.3 is 10.1 Å². The Balaban J connectivity index is 2.07. The predicted molar refractivity (Wildman–Crippen MR) is 66.6 cm³/mol. The number of nitrogens with zero attached hydrogens (tertiary/aromatic N) is 1. The molecule has 102 valence electrons. The highest BCUT2D eigenvalue weighted by Gasteiger charge is 2.34. The summed E-state index contributed by atoms with van der Waals surface area (Å²) >= 11 is 0. The number of piperazine rings is 1. The van der Waals surface area contributed by atoms with E-state index < -0.39 is 18.0 Å². The maximum Gasteiger partial charge on any atom is 0.144 e. The monoisotopic (exact) mass is 258 g/mol. The number of hydrogen-bond acceptors (Lipinski definition) is 3. The number of hydrogen-bond donors (Lipinski definition) is 1. The average Bonchev–Trinajstić information content (AvgIpc) is 2.28. The molecule has 1 aliphatic carbocycles.